The first-order valence-electron chi connectivity index (χ1n) is 7.72. The summed E-state index contributed by atoms with van der Waals surface area (Å²) in [4.78, 5) is 28.1. The van der Waals surface area contributed by atoms with Gasteiger partial charge in [0.15, 0.2) is 0 Å². The van der Waals surface area contributed by atoms with Gasteiger partial charge in [0, 0.05) is 31.3 Å². The summed E-state index contributed by atoms with van der Waals surface area (Å²) in [5.74, 6) is 0.247. The molecule has 2 heterocycles. The maximum Gasteiger partial charge on any atom is 0.263 e. The van der Waals surface area contributed by atoms with Crippen LogP contribution in [0.2, 0.25) is 0 Å². The summed E-state index contributed by atoms with van der Waals surface area (Å²) in [7, 11) is 1.61. The highest BCUT2D eigenvalue weighted by Gasteiger charge is 2.11. The van der Waals surface area contributed by atoms with Crippen molar-refractivity contribution >= 4 is 11.6 Å². The first kappa shape index (κ1) is 16.4. The van der Waals surface area contributed by atoms with E-state index in [-0.39, 0.29) is 11.1 Å². The zero-order chi connectivity index (χ0) is 17.6. The third-order valence-corrected chi connectivity index (χ3v) is 3.63. The lowest BCUT2D eigenvalue weighted by Crippen LogP contribution is -2.26. The Morgan fingerprint density at radius 3 is 2.56 bits per heavy atom. The van der Waals surface area contributed by atoms with E-state index in [0.29, 0.717) is 18.0 Å². The van der Waals surface area contributed by atoms with Crippen molar-refractivity contribution in [1.82, 2.24) is 9.55 Å². The van der Waals surface area contributed by atoms with E-state index in [9.17, 15) is 9.59 Å². The van der Waals surface area contributed by atoms with Crippen molar-refractivity contribution in [2.24, 2.45) is 7.05 Å². The van der Waals surface area contributed by atoms with E-state index in [1.807, 2.05) is 12.1 Å². The maximum atomic E-state index is 12.2. The Bertz CT molecular complexity index is 919. The molecule has 2 aromatic heterocycles. The molecule has 6 nitrogen and oxygen atoms in total. The van der Waals surface area contributed by atoms with Crippen LogP contribution in [0.3, 0.4) is 0 Å². The van der Waals surface area contributed by atoms with Crippen molar-refractivity contribution in [3.8, 4) is 5.75 Å². The fraction of sp³-hybridized carbons (Fsp3) is 0.105. The van der Waals surface area contributed by atoms with Crippen molar-refractivity contribution in [3.05, 3.63) is 88.6 Å². The molecule has 25 heavy (non-hydrogen) atoms. The van der Waals surface area contributed by atoms with E-state index in [2.05, 4.69) is 10.3 Å². The van der Waals surface area contributed by atoms with Gasteiger partial charge in [-0.3, -0.25) is 14.6 Å². The Hall–Kier alpha value is -3.41. The van der Waals surface area contributed by atoms with Gasteiger partial charge in [0.1, 0.15) is 17.9 Å². The number of aryl methyl sites for hydroxylation is 1. The van der Waals surface area contributed by atoms with E-state index in [1.54, 1.807) is 56.0 Å². The second-order valence-electron chi connectivity index (χ2n) is 5.46. The van der Waals surface area contributed by atoms with Gasteiger partial charge in [-0.1, -0.05) is 0 Å². The zero-order valence-corrected chi connectivity index (χ0v) is 13.7. The van der Waals surface area contributed by atoms with Gasteiger partial charge >= 0.3 is 0 Å². The molecule has 0 saturated carbocycles. The highest BCUT2D eigenvalue weighted by atomic mass is 16.5. The molecule has 0 aliphatic heterocycles. The summed E-state index contributed by atoms with van der Waals surface area (Å²) >= 11 is 0. The molecule has 1 N–H and O–H groups in total. The number of nitrogens with one attached hydrogen (secondary N) is 1. The molecule has 126 valence electrons. The fourth-order valence-electron chi connectivity index (χ4n) is 2.25. The molecule has 0 radical (unpaired) electrons. The monoisotopic (exact) mass is 335 g/mol. The van der Waals surface area contributed by atoms with Gasteiger partial charge in [-0.2, -0.15) is 0 Å². The van der Waals surface area contributed by atoms with Gasteiger partial charge in [0.05, 0.1) is 0 Å². The minimum atomic E-state index is -0.438. The third-order valence-electron chi connectivity index (χ3n) is 3.63. The van der Waals surface area contributed by atoms with E-state index in [1.165, 1.54) is 10.6 Å². The Balaban J connectivity index is 1.63. The molecule has 0 spiro atoms. The van der Waals surface area contributed by atoms with Crippen LogP contribution in [0.25, 0.3) is 0 Å². The lowest BCUT2D eigenvalue weighted by atomic mass is 10.2. The molecule has 0 bridgehead atoms. The predicted octanol–water partition coefficient (Wildman–Crippen LogP) is 2.61. The zero-order valence-electron chi connectivity index (χ0n) is 13.7. The third kappa shape index (κ3) is 4.11. The largest absolute Gasteiger partial charge is 0.489 e. The van der Waals surface area contributed by atoms with Crippen LogP contribution in [0.4, 0.5) is 5.69 Å². The number of carbonyl (C=O) groups excluding carboxylic acids is 1. The molecule has 1 amide bonds. The van der Waals surface area contributed by atoms with Gasteiger partial charge in [-0.15, -0.1) is 0 Å². The van der Waals surface area contributed by atoms with Crippen molar-refractivity contribution in [2.75, 3.05) is 5.32 Å². The molecular formula is C19H17N3O3. The van der Waals surface area contributed by atoms with E-state index in [0.717, 1.165) is 5.56 Å². The predicted molar refractivity (Wildman–Crippen MR) is 94.6 cm³/mol. The van der Waals surface area contributed by atoms with Gasteiger partial charge in [0.2, 0.25) is 0 Å². The molecular weight excluding hydrogens is 318 g/mol. The number of rotatable bonds is 5. The number of carbonyl (C=O) groups is 1. The Morgan fingerprint density at radius 2 is 1.84 bits per heavy atom. The molecule has 0 unspecified atom stereocenters. The number of hydrogen-bond acceptors (Lipinski definition) is 4. The SMILES string of the molecule is Cn1cccc(C(=O)Nc2ccc(OCc3ccncc3)cc2)c1=O. The molecule has 3 rings (SSSR count). The van der Waals surface area contributed by atoms with Crippen molar-refractivity contribution in [2.45, 2.75) is 6.61 Å². The highest BCUT2D eigenvalue weighted by Crippen LogP contribution is 2.17. The lowest BCUT2D eigenvalue weighted by Gasteiger charge is -2.09. The summed E-state index contributed by atoms with van der Waals surface area (Å²) in [6, 6.07) is 13.9. The average molecular weight is 335 g/mol. The summed E-state index contributed by atoms with van der Waals surface area (Å²) in [5.41, 5.74) is 1.37. The lowest BCUT2D eigenvalue weighted by molar-refractivity contribution is 0.102. The molecule has 0 aliphatic rings. The molecule has 6 heteroatoms. The first-order chi connectivity index (χ1) is 12.1. The summed E-state index contributed by atoms with van der Waals surface area (Å²) < 4.78 is 7.04. The number of anilines is 1. The van der Waals surface area contributed by atoms with Crippen LogP contribution in [0, 0.1) is 0 Å². The first-order valence-corrected chi connectivity index (χ1v) is 7.72. The minimum absolute atomic E-state index is 0.100. The standard InChI is InChI=1S/C19H17N3O3/c1-22-12-2-3-17(19(22)24)18(23)21-15-4-6-16(7-5-15)25-13-14-8-10-20-11-9-14/h2-12H,13H2,1H3,(H,21,23). The number of aromatic nitrogens is 2. The molecule has 0 saturated heterocycles. The number of benzene rings is 1. The Kier molecular flexibility index (Phi) is 4.89. The van der Waals surface area contributed by atoms with Crippen molar-refractivity contribution in [3.63, 3.8) is 0 Å². The van der Waals surface area contributed by atoms with E-state index >= 15 is 0 Å². The van der Waals surface area contributed by atoms with Gasteiger partial charge in [-0.05, 0) is 54.1 Å². The quantitative estimate of drug-likeness (QED) is 0.778. The van der Waals surface area contributed by atoms with Crippen molar-refractivity contribution < 1.29 is 9.53 Å². The Morgan fingerprint density at radius 1 is 1.12 bits per heavy atom. The van der Waals surface area contributed by atoms with Gasteiger partial charge < -0.3 is 14.6 Å². The number of nitrogens with zero attached hydrogens (tertiary/aromatic N) is 2. The molecule has 0 fully saturated rings. The van der Waals surface area contributed by atoms with Gasteiger partial charge in [-0.25, -0.2) is 0 Å². The minimum Gasteiger partial charge on any atom is -0.489 e. The van der Waals surface area contributed by atoms with E-state index in [4.69, 9.17) is 4.74 Å². The van der Waals surface area contributed by atoms with Crippen LogP contribution < -0.4 is 15.6 Å². The smallest absolute Gasteiger partial charge is 0.263 e. The normalized spacial score (nSPS) is 10.3. The second kappa shape index (κ2) is 7.44. The molecule has 1 aromatic carbocycles. The number of hydrogen-bond donors (Lipinski definition) is 1. The number of amides is 1. The molecule has 0 aliphatic carbocycles. The van der Waals surface area contributed by atoms with Crippen LogP contribution in [-0.2, 0) is 13.7 Å². The number of ether oxygens (including phenoxy) is 1. The highest BCUT2D eigenvalue weighted by molar-refractivity contribution is 6.03. The van der Waals surface area contributed by atoms with Crippen LogP contribution in [0.5, 0.6) is 5.75 Å². The van der Waals surface area contributed by atoms with E-state index < -0.39 is 5.91 Å². The topological polar surface area (TPSA) is 73.2 Å². The maximum absolute atomic E-state index is 12.2. The van der Waals surface area contributed by atoms with Crippen LogP contribution in [0.1, 0.15) is 15.9 Å². The summed E-state index contributed by atoms with van der Waals surface area (Å²) in [6.45, 7) is 0.439. The second-order valence-corrected chi connectivity index (χ2v) is 5.46. The summed E-state index contributed by atoms with van der Waals surface area (Å²) in [5, 5.41) is 2.71. The fourth-order valence-corrected chi connectivity index (χ4v) is 2.25. The van der Waals surface area contributed by atoms with Crippen LogP contribution >= 0.6 is 0 Å². The molecule has 3 aromatic rings. The van der Waals surface area contributed by atoms with Crippen LogP contribution in [0.15, 0.2) is 71.9 Å². The Labute approximate surface area is 144 Å². The van der Waals surface area contributed by atoms with Gasteiger partial charge in [0.25, 0.3) is 11.5 Å². The number of pyridine rings is 2. The van der Waals surface area contributed by atoms with Crippen molar-refractivity contribution in [1.29, 1.82) is 0 Å². The molecule has 0 atom stereocenters. The van der Waals surface area contributed by atoms with Crippen LogP contribution in [-0.4, -0.2) is 15.5 Å². The average Bonchev–Trinajstić information content (AvgIpc) is 2.64. The summed E-state index contributed by atoms with van der Waals surface area (Å²) in [6.07, 6.45) is 5.03.